The summed E-state index contributed by atoms with van der Waals surface area (Å²) in [6.07, 6.45) is 5.47. The third-order valence-electron chi connectivity index (χ3n) is 4.09. The lowest BCUT2D eigenvalue weighted by Crippen LogP contribution is -2.20. The summed E-state index contributed by atoms with van der Waals surface area (Å²) in [5, 5.41) is 4.30. The van der Waals surface area contributed by atoms with Crippen molar-refractivity contribution in [2.45, 2.75) is 44.9 Å². The van der Waals surface area contributed by atoms with Crippen molar-refractivity contribution < 1.29 is 9.59 Å². The second kappa shape index (κ2) is 5.55. The zero-order valence-corrected chi connectivity index (χ0v) is 11.6. The number of hydrogen-bond donors (Lipinski definition) is 1. The largest absolute Gasteiger partial charge is 0.364 e. The lowest BCUT2D eigenvalue weighted by atomic mass is 9.78. The van der Waals surface area contributed by atoms with Gasteiger partial charge in [0.1, 0.15) is 12.0 Å². The maximum Gasteiger partial charge on any atom is 0.267 e. The van der Waals surface area contributed by atoms with Crippen LogP contribution in [0.4, 0.5) is 0 Å². The molecule has 2 N–H and O–H groups in total. The van der Waals surface area contributed by atoms with Crippen molar-refractivity contribution in [1.29, 1.82) is 0 Å². The molecule has 5 heteroatoms. The van der Waals surface area contributed by atoms with Crippen molar-refractivity contribution in [1.82, 2.24) is 9.78 Å². The summed E-state index contributed by atoms with van der Waals surface area (Å²) in [6.45, 7) is 2.25. The molecule has 1 aliphatic carbocycles. The fourth-order valence-corrected chi connectivity index (χ4v) is 3.10. The number of carbonyl (C=O) groups is 2. The van der Waals surface area contributed by atoms with E-state index in [1.807, 2.05) is 0 Å². The quantitative estimate of drug-likeness (QED) is 0.837. The summed E-state index contributed by atoms with van der Waals surface area (Å²) < 4.78 is 1.52. The van der Waals surface area contributed by atoms with E-state index in [0.29, 0.717) is 17.3 Å². The molecule has 1 fully saturated rings. The van der Waals surface area contributed by atoms with E-state index in [0.717, 1.165) is 43.5 Å². The molecule has 0 bridgehead atoms. The van der Waals surface area contributed by atoms with Crippen LogP contribution in [0.25, 0.3) is 0 Å². The lowest BCUT2D eigenvalue weighted by molar-refractivity contribution is -0.107. The number of aryl methyl sites for hydroxylation is 1. The molecule has 2 rings (SSSR count). The number of rotatable bonds is 4. The molecule has 5 nitrogen and oxygen atoms in total. The van der Waals surface area contributed by atoms with Gasteiger partial charge in [-0.1, -0.05) is 19.8 Å². The summed E-state index contributed by atoms with van der Waals surface area (Å²) in [6, 6.07) is 0. The second-order valence-corrected chi connectivity index (χ2v) is 5.52. The van der Waals surface area contributed by atoms with E-state index < -0.39 is 5.91 Å². The minimum Gasteiger partial charge on any atom is -0.364 e. The average molecular weight is 263 g/mol. The van der Waals surface area contributed by atoms with Crippen LogP contribution >= 0.6 is 0 Å². The molecule has 0 spiro atoms. The highest BCUT2D eigenvalue weighted by Gasteiger charge is 2.29. The predicted molar refractivity (Wildman–Crippen MR) is 71.9 cm³/mol. The van der Waals surface area contributed by atoms with Crippen molar-refractivity contribution in [3.05, 3.63) is 17.0 Å². The van der Waals surface area contributed by atoms with E-state index in [1.165, 1.54) is 4.68 Å². The Kier molecular flexibility index (Phi) is 4.02. The number of hydrogen-bond acceptors (Lipinski definition) is 3. The molecule has 1 heterocycles. The number of nitrogens with two attached hydrogens (primary N) is 1. The fraction of sp³-hybridized carbons (Fsp3) is 0.643. The normalized spacial score (nSPS) is 23.3. The zero-order chi connectivity index (χ0) is 14.0. The van der Waals surface area contributed by atoms with Gasteiger partial charge in [0.25, 0.3) is 5.91 Å². The maximum absolute atomic E-state index is 11.6. The predicted octanol–water partition coefficient (Wildman–Crippen LogP) is 1.55. The van der Waals surface area contributed by atoms with Crippen molar-refractivity contribution in [3.8, 4) is 0 Å². The van der Waals surface area contributed by atoms with Gasteiger partial charge < -0.3 is 10.5 Å². The minimum atomic E-state index is -0.458. The first kappa shape index (κ1) is 13.8. The summed E-state index contributed by atoms with van der Waals surface area (Å²) in [4.78, 5) is 22.4. The standard InChI is InChI=1S/C14H21N3O2/c1-9-3-5-10(6-4-9)12-11(7-8-18)16-17(2)13(12)14(15)19/h8-10H,3-7H2,1-2H3,(H2,15,19). The molecule has 0 unspecified atom stereocenters. The molecule has 0 aromatic carbocycles. The van der Waals surface area contributed by atoms with E-state index in [-0.39, 0.29) is 6.42 Å². The first-order valence-corrected chi connectivity index (χ1v) is 6.83. The van der Waals surface area contributed by atoms with Crippen LogP contribution in [0.5, 0.6) is 0 Å². The van der Waals surface area contributed by atoms with Crippen LogP contribution in [0, 0.1) is 5.92 Å². The van der Waals surface area contributed by atoms with Gasteiger partial charge in [-0.3, -0.25) is 9.48 Å². The minimum absolute atomic E-state index is 0.252. The Labute approximate surface area is 113 Å². The Balaban J connectivity index is 2.40. The number of carbonyl (C=O) groups excluding carboxylic acids is 2. The summed E-state index contributed by atoms with van der Waals surface area (Å²) >= 11 is 0. The zero-order valence-electron chi connectivity index (χ0n) is 11.6. The average Bonchev–Trinajstić information content (AvgIpc) is 2.67. The van der Waals surface area contributed by atoms with Gasteiger partial charge in [-0.25, -0.2) is 0 Å². The highest BCUT2D eigenvalue weighted by Crippen LogP contribution is 2.38. The van der Waals surface area contributed by atoms with E-state index in [4.69, 9.17) is 5.73 Å². The van der Waals surface area contributed by atoms with Crippen LogP contribution in [0.15, 0.2) is 0 Å². The van der Waals surface area contributed by atoms with Crippen LogP contribution in [-0.4, -0.2) is 22.0 Å². The van der Waals surface area contributed by atoms with E-state index in [1.54, 1.807) is 7.05 Å². The van der Waals surface area contributed by atoms with Crippen molar-refractivity contribution in [3.63, 3.8) is 0 Å². The SMILES string of the molecule is CC1CCC(c2c(CC=O)nn(C)c2C(N)=O)CC1. The van der Waals surface area contributed by atoms with Crippen LogP contribution in [-0.2, 0) is 18.3 Å². The topological polar surface area (TPSA) is 78.0 Å². The van der Waals surface area contributed by atoms with Crippen LogP contribution in [0.1, 0.15) is 60.3 Å². The molecule has 0 aliphatic heterocycles. The van der Waals surface area contributed by atoms with Crippen LogP contribution < -0.4 is 5.73 Å². The highest BCUT2D eigenvalue weighted by molar-refractivity contribution is 5.93. The summed E-state index contributed by atoms with van der Waals surface area (Å²) in [7, 11) is 1.71. The Hall–Kier alpha value is -1.65. The third-order valence-corrected chi connectivity index (χ3v) is 4.09. The van der Waals surface area contributed by atoms with E-state index in [9.17, 15) is 9.59 Å². The number of nitrogens with zero attached hydrogens (tertiary/aromatic N) is 2. The molecule has 0 saturated heterocycles. The Morgan fingerprint density at radius 2 is 2.05 bits per heavy atom. The van der Waals surface area contributed by atoms with E-state index >= 15 is 0 Å². The van der Waals surface area contributed by atoms with Gasteiger partial charge in [-0.15, -0.1) is 0 Å². The molecule has 1 amide bonds. The molecule has 0 radical (unpaired) electrons. The fourth-order valence-electron chi connectivity index (χ4n) is 3.10. The van der Waals surface area contributed by atoms with Gasteiger partial charge in [0.15, 0.2) is 0 Å². The lowest BCUT2D eigenvalue weighted by Gasteiger charge is -2.26. The first-order valence-electron chi connectivity index (χ1n) is 6.83. The summed E-state index contributed by atoms with van der Waals surface area (Å²) in [5.74, 6) is 0.586. The number of primary amides is 1. The maximum atomic E-state index is 11.6. The molecular weight excluding hydrogens is 242 g/mol. The molecular formula is C14H21N3O2. The monoisotopic (exact) mass is 263 g/mol. The van der Waals surface area contributed by atoms with Crippen molar-refractivity contribution in [2.75, 3.05) is 0 Å². The summed E-state index contributed by atoms with van der Waals surface area (Å²) in [5.41, 5.74) is 7.56. The molecule has 1 aromatic rings. The second-order valence-electron chi connectivity index (χ2n) is 5.52. The van der Waals surface area contributed by atoms with Gasteiger partial charge in [0, 0.05) is 19.0 Å². The smallest absolute Gasteiger partial charge is 0.267 e. The highest BCUT2D eigenvalue weighted by atomic mass is 16.1. The Morgan fingerprint density at radius 3 is 2.58 bits per heavy atom. The van der Waals surface area contributed by atoms with E-state index in [2.05, 4.69) is 12.0 Å². The van der Waals surface area contributed by atoms with Gasteiger partial charge >= 0.3 is 0 Å². The van der Waals surface area contributed by atoms with Gasteiger partial charge in [-0.05, 0) is 24.7 Å². The van der Waals surface area contributed by atoms with Crippen LogP contribution in [0.2, 0.25) is 0 Å². The molecule has 1 aliphatic rings. The van der Waals surface area contributed by atoms with Crippen LogP contribution in [0.3, 0.4) is 0 Å². The van der Waals surface area contributed by atoms with Gasteiger partial charge in [-0.2, -0.15) is 5.10 Å². The van der Waals surface area contributed by atoms with Crippen molar-refractivity contribution >= 4 is 12.2 Å². The Bertz CT molecular complexity index is 485. The number of aromatic nitrogens is 2. The number of amides is 1. The third kappa shape index (κ3) is 2.69. The molecule has 104 valence electrons. The number of aldehydes is 1. The molecule has 1 saturated carbocycles. The molecule has 19 heavy (non-hydrogen) atoms. The Morgan fingerprint density at radius 1 is 1.42 bits per heavy atom. The molecule has 0 atom stereocenters. The molecule has 1 aromatic heterocycles. The van der Waals surface area contributed by atoms with Gasteiger partial charge in [0.05, 0.1) is 5.69 Å². The van der Waals surface area contributed by atoms with Gasteiger partial charge in [0.2, 0.25) is 0 Å². The van der Waals surface area contributed by atoms with Crippen molar-refractivity contribution in [2.24, 2.45) is 18.7 Å². The first-order chi connectivity index (χ1) is 9.04.